The molecule has 5 nitrogen and oxygen atoms in total. The van der Waals surface area contributed by atoms with Gasteiger partial charge in [-0.15, -0.1) is 0 Å². The number of nitrogens with zero attached hydrogens (tertiary/aromatic N) is 3. The molecule has 29 heavy (non-hydrogen) atoms. The lowest BCUT2D eigenvalue weighted by Gasteiger charge is -2.15. The molecule has 4 rings (SSSR count). The van der Waals surface area contributed by atoms with Gasteiger partial charge in [0.15, 0.2) is 5.65 Å². The van der Waals surface area contributed by atoms with Gasteiger partial charge in [-0.25, -0.2) is 9.67 Å². The number of aromatic nitrogens is 3. The van der Waals surface area contributed by atoms with Crippen molar-refractivity contribution in [2.24, 2.45) is 0 Å². The van der Waals surface area contributed by atoms with E-state index in [0.717, 1.165) is 24.5 Å². The van der Waals surface area contributed by atoms with Crippen LogP contribution in [0.5, 0.6) is 0 Å². The Kier molecular flexibility index (Phi) is 4.80. The molecule has 0 bridgehead atoms. The number of alkyl halides is 3. The van der Waals surface area contributed by atoms with E-state index in [4.69, 9.17) is 0 Å². The summed E-state index contributed by atoms with van der Waals surface area (Å²) >= 11 is 0. The monoisotopic (exact) mass is 402 g/mol. The molecular weight excluding hydrogens is 381 g/mol. The molecule has 2 heterocycles. The third-order valence-electron chi connectivity index (χ3n) is 5.17. The molecule has 1 saturated carbocycles. The minimum atomic E-state index is -4.51. The highest BCUT2D eigenvalue weighted by Crippen LogP contribution is 2.43. The van der Waals surface area contributed by atoms with Gasteiger partial charge in [0.1, 0.15) is 6.54 Å². The molecule has 0 spiro atoms. The quantitative estimate of drug-likeness (QED) is 0.683. The number of benzene rings is 1. The minimum Gasteiger partial charge on any atom is -0.348 e. The number of carbonyl (C=O) groups is 1. The van der Waals surface area contributed by atoms with Crippen molar-refractivity contribution in [3.63, 3.8) is 0 Å². The Morgan fingerprint density at radius 1 is 1.28 bits per heavy atom. The lowest BCUT2D eigenvalue weighted by atomic mass is 10.1. The first-order chi connectivity index (χ1) is 13.7. The number of pyridine rings is 1. The van der Waals surface area contributed by atoms with Gasteiger partial charge < -0.3 is 5.32 Å². The van der Waals surface area contributed by atoms with Gasteiger partial charge in [0.2, 0.25) is 5.91 Å². The van der Waals surface area contributed by atoms with Gasteiger partial charge >= 0.3 is 6.18 Å². The molecule has 1 aliphatic rings. The number of carbonyl (C=O) groups excluding carboxylic acids is 1. The predicted molar refractivity (Wildman–Crippen MR) is 102 cm³/mol. The number of amides is 1. The second kappa shape index (κ2) is 7.17. The van der Waals surface area contributed by atoms with Crippen molar-refractivity contribution in [2.45, 2.75) is 51.4 Å². The standard InChI is InChI=1S/C21H21F3N4O/c1-12(14-6-4-3-5-7-14)25-18(29)11-28-20-19(13(2)27-28)16(21(22,23)24)10-17(26-20)15-8-9-15/h3-7,10,12,15H,8-9,11H2,1-2H3,(H,25,29). The van der Waals surface area contributed by atoms with Gasteiger partial charge in [0.25, 0.3) is 0 Å². The topological polar surface area (TPSA) is 59.8 Å². The highest BCUT2D eigenvalue weighted by molar-refractivity contribution is 5.85. The van der Waals surface area contributed by atoms with E-state index in [-0.39, 0.29) is 41.1 Å². The molecule has 0 aliphatic heterocycles. The lowest BCUT2D eigenvalue weighted by Crippen LogP contribution is -2.30. The molecule has 1 atom stereocenters. The van der Waals surface area contributed by atoms with E-state index in [1.165, 1.54) is 11.6 Å². The van der Waals surface area contributed by atoms with E-state index in [1.807, 2.05) is 37.3 Å². The Balaban J connectivity index is 1.65. The summed E-state index contributed by atoms with van der Waals surface area (Å²) in [6, 6.07) is 10.4. The van der Waals surface area contributed by atoms with Gasteiger partial charge in [0.05, 0.1) is 22.7 Å². The number of hydrogen-bond donors (Lipinski definition) is 1. The molecule has 1 fully saturated rings. The van der Waals surface area contributed by atoms with Crippen LogP contribution in [0.15, 0.2) is 36.4 Å². The number of rotatable bonds is 5. The maximum atomic E-state index is 13.6. The van der Waals surface area contributed by atoms with Crippen LogP contribution in [0.25, 0.3) is 11.0 Å². The molecule has 152 valence electrons. The van der Waals surface area contributed by atoms with Crippen molar-refractivity contribution in [2.75, 3.05) is 0 Å². The van der Waals surface area contributed by atoms with E-state index >= 15 is 0 Å². The summed E-state index contributed by atoms with van der Waals surface area (Å²) in [7, 11) is 0. The van der Waals surface area contributed by atoms with Crippen LogP contribution in [0.2, 0.25) is 0 Å². The van der Waals surface area contributed by atoms with Crippen molar-refractivity contribution >= 4 is 16.9 Å². The average Bonchev–Trinajstić information content (AvgIpc) is 3.47. The zero-order valence-electron chi connectivity index (χ0n) is 16.1. The maximum absolute atomic E-state index is 13.6. The molecule has 1 aliphatic carbocycles. The summed E-state index contributed by atoms with van der Waals surface area (Å²) in [4.78, 5) is 17.0. The van der Waals surface area contributed by atoms with E-state index < -0.39 is 11.7 Å². The van der Waals surface area contributed by atoms with Gasteiger partial charge in [0, 0.05) is 11.6 Å². The second-order valence-corrected chi connectivity index (χ2v) is 7.51. The zero-order valence-corrected chi connectivity index (χ0v) is 16.1. The number of halogens is 3. The van der Waals surface area contributed by atoms with Crippen molar-refractivity contribution < 1.29 is 18.0 Å². The van der Waals surface area contributed by atoms with Gasteiger partial charge in [-0.2, -0.15) is 18.3 Å². The first-order valence-corrected chi connectivity index (χ1v) is 9.53. The fourth-order valence-electron chi connectivity index (χ4n) is 3.54. The maximum Gasteiger partial charge on any atom is 0.417 e. The summed E-state index contributed by atoms with van der Waals surface area (Å²) in [5.41, 5.74) is 0.957. The van der Waals surface area contributed by atoms with Gasteiger partial charge in [-0.05, 0) is 38.3 Å². The molecule has 1 unspecified atom stereocenters. The summed E-state index contributed by atoms with van der Waals surface area (Å²) < 4.78 is 42.2. The largest absolute Gasteiger partial charge is 0.417 e. The normalized spacial score (nSPS) is 15.5. The molecule has 8 heteroatoms. The van der Waals surface area contributed by atoms with Crippen LogP contribution in [-0.4, -0.2) is 20.7 Å². The van der Waals surface area contributed by atoms with E-state index in [9.17, 15) is 18.0 Å². The number of nitrogens with one attached hydrogen (secondary N) is 1. The summed E-state index contributed by atoms with van der Waals surface area (Å²) in [6.45, 7) is 3.17. The van der Waals surface area contributed by atoms with Gasteiger partial charge in [-0.3, -0.25) is 4.79 Å². The van der Waals surface area contributed by atoms with E-state index in [1.54, 1.807) is 0 Å². The Morgan fingerprint density at radius 3 is 2.59 bits per heavy atom. The van der Waals surface area contributed by atoms with Crippen LogP contribution in [-0.2, 0) is 17.5 Å². The van der Waals surface area contributed by atoms with E-state index in [0.29, 0.717) is 5.69 Å². The molecule has 3 aromatic rings. The molecule has 1 amide bonds. The first-order valence-electron chi connectivity index (χ1n) is 9.53. The number of fused-ring (bicyclic) bond motifs is 1. The Morgan fingerprint density at radius 2 is 1.97 bits per heavy atom. The van der Waals surface area contributed by atoms with Crippen molar-refractivity contribution in [3.05, 3.63) is 58.9 Å². The predicted octanol–water partition coefficient (Wildman–Crippen LogP) is 4.51. The molecule has 2 aromatic heterocycles. The average molecular weight is 402 g/mol. The second-order valence-electron chi connectivity index (χ2n) is 7.51. The Labute approximate surface area is 165 Å². The Bertz CT molecular complexity index is 1060. The molecule has 1 N–H and O–H groups in total. The van der Waals surface area contributed by atoms with Crippen LogP contribution in [0.4, 0.5) is 13.2 Å². The highest BCUT2D eigenvalue weighted by atomic mass is 19.4. The van der Waals surface area contributed by atoms with Crippen molar-refractivity contribution in [1.29, 1.82) is 0 Å². The van der Waals surface area contributed by atoms with Crippen LogP contribution in [0.3, 0.4) is 0 Å². The summed E-state index contributed by atoms with van der Waals surface area (Å²) in [5.74, 6) is -0.283. The molecule has 0 saturated heterocycles. The lowest BCUT2D eigenvalue weighted by molar-refractivity contribution is -0.136. The smallest absolute Gasteiger partial charge is 0.348 e. The first kappa shape index (κ1) is 19.4. The third-order valence-corrected chi connectivity index (χ3v) is 5.17. The van der Waals surface area contributed by atoms with Crippen LogP contribution < -0.4 is 5.32 Å². The summed E-state index contributed by atoms with van der Waals surface area (Å²) in [6.07, 6.45) is -2.84. The molecule has 0 radical (unpaired) electrons. The fraction of sp³-hybridized carbons (Fsp3) is 0.381. The molecular formula is C21H21F3N4O. The van der Waals surface area contributed by atoms with Crippen LogP contribution in [0.1, 0.15) is 54.2 Å². The SMILES string of the molecule is Cc1nn(CC(=O)NC(C)c2ccccc2)c2nc(C3CC3)cc(C(F)(F)F)c12. The van der Waals surface area contributed by atoms with Crippen LogP contribution in [0, 0.1) is 6.92 Å². The van der Waals surface area contributed by atoms with E-state index in [2.05, 4.69) is 15.4 Å². The highest BCUT2D eigenvalue weighted by Gasteiger charge is 2.37. The molecule has 1 aromatic carbocycles. The minimum absolute atomic E-state index is 0.0363. The van der Waals surface area contributed by atoms with Gasteiger partial charge in [-0.1, -0.05) is 30.3 Å². The summed E-state index contributed by atoms with van der Waals surface area (Å²) in [5, 5.41) is 7.03. The Hall–Kier alpha value is -2.90. The van der Waals surface area contributed by atoms with Crippen LogP contribution >= 0.6 is 0 Å². The number of hydrogen-bond acceptors (Lipinski definition) is 3. The zero-order chi connectivity index (χ0) is 20.8. The fourth-order valence-corrected chi connectivity index (χ4v) is 3.54. The number of aryl methyl sites for hydroxylation is 1. The third kappa shape index (κ3) is 3.97. The van der Waals surface area contributed by atoms with Crippen molar-refractivity contribution in [1.82, 2.24) is 20.1 Å². The van der Waals surface area contributed by atoms with Crippen molar-refractivity contribution in [3.8, 4) is 0 Å².